The highest BCUT2D eigenvalue weighted by Gasteiger charge is 2.28. The lowest BCUT2D eigenvalue weighted by atomic mass is 10.1. The van der Waals surface area contributed by atoms with Crippen molar-refractivity contribution < 1.29 is 19.5 Å². The van der Waals surface area contributed by atoms with Crippen LogP contribution in [0.3, 0.4) is 0 Å². The van der Waals surface area contributed by atoms with E-state index in [0.717, 1.165) is 16.5 Å². The predicted octanol–water partition coefficient (Wildman–Crippen LogP) is 1.36. The molecule has 2 aromatic carbocycles. The van der Waals surface area contributed by atoms with Crippen LogP contribution in [-0.4, -0.2) is 83.1 Å². The monoisotopic (exact) mass is 463 g/mol. The molecular weight excluding hydrogens is 434 g/mol. The van der Waals surface area contributed by atoms with Gasteiger partial charge in [-0.1, -0.05) is 48.5 Å². The molecule has 1 fully saturated rings. The number of aromatic nitrogens is 1. The van der Waals surface area contributed by atoms with Gasteiger partial charge in [-0.15, -0.1) is 0 Å². The zero-order valence-corrected chi connectivity index (χ0v) is 18.9. The molecule has 3 aromatic rings. The number of piperazine rings is 1. The number of H-pyrrole nitrogens is 1. The number of urea groups is 1. The standard InChI is InChI=1S/C25H29N5O4/c31-15-10-26-23(32)21(16-18-6-2-1-3-7-18)28-25(34)30-13-11-29(12-14-30)24(33)22-17-19-8-4-5-9-20(19)27-22/h1-9,17,21,27,31H,10-16H2,(H,26,32)(H,28,34)/t21-/m1/s1. The first kappa shape index (κ1) is 23.3. The summed E-state index contributed by atoms with van der Waals surface area (Å²) in [4.78, 5) is 44.9. The van der Waals surface area contributed by atoms with Crippen LogP contribution in [0.15, 0.2) is 60.7 Å². The van der Waals surface area contributed by atoms with Crippen LogP contribution < -0.4 is 10.6 Å². The number of aromatic amines is 1. The Morgan fingerprint density at radius 1 is 0.941 bits per heavy atom. The normalized spacial score (nSPS) is 14.6. The smallest absolute Gasteiger partial charge is 0.318 e. The lowest BCUT2D eigenvalue weighted by molar-refractivity contribution is -0.123. The highest BCUT2D eigenvalue weighted by Crippen LogP contribution is 2.17. The van der Waals surface area contributed by atoms with E-state index in [1.165, 1.54) is 0 Å². The van der Waals surface area contributed by atoms with Gasteiger partial charge >= 0.3 is 6.03 Å². The first-order valence-corrected chi connectivity index (χ1v) is 11.4. The van der Waals surface area contributed by atoms with Gasteiger partial charge in [0, 0.05) is 50.0 Å². The van der Waals surface area contributed by atoms with Crippen LogP contribution in [0.5, 0.6) is 0 Å². The van der Waals surface area contributed by atoms with Gasteiger partial charge < -0.3 is 30.5 Å². The average Bonchev–Trinajstić information content (AvgIpc) is 3.31. The Morgan fingerprint density at radius 3 is 2.32 bits per heavy atom. The molecule has 9 nitrogen and oxygen atoms in total. The Bertz CT molecular complexity index is 1110. The third kappa shape index (κ3) is 5.55. The number of carbonyl (C=O) groups is 3. The van der Waals surface area contributed by atoms with Crippen LogP contribution in [0.1, 0.15) is 16.1 Å². The van der Waals surface area contributed by atoms with Crippen LogP contribution in [0.25, 0.3) is 10.9 Å². The van der Waals surface area contributed by atoms with E-state index in [1.54, 1.807) is 9.80 Å². The molecule has 0 unspecified atom stereocenters. The summed E-state index contributed by atoms with van der Waals surface area (Å²) < 4.78 is 0. The maximum Gasteiger partial charge on any atom is 0.318 e. The number of hydrogen-bond acceptors (Lipinski definition) is 4. The predicted molar refractivity (Wildman–Crippen MR) is 128 cm³/mol. The van der Waals surface area contributed by atoms with Crippen molar-refractivity contribution in [3.05, 3.63) is 71.9 Å². The van der Waals surface area contributed by atoms with E-state index in [2.05, 4.69) is 15.6 Å². The molecular formula is C25H29N5O4. The number of nitrogens with zero attached hydrogens (tertiary/aromatic N) is 2. The van der Waals surface area contributed by atoms with E-state index in [9.17, 15) is 14.4 Å². The van der Waals surface area contributed by atoms with Crippen molar-refractivity contribution in [2.75, 3.05) is 39.3 Å². The van der Waals surface area contributed by atoms with Crippen molar-refractivity contribution in [2.45, 2.75) is 12.5 Å². The molecule has 4 N–H and O–H groups in total. The van der Waals surface area contributed by atoms with Gasteiger partial charge in [0.1, 0.15) is 11.7 Å². The number of carbonyl (C=O) groups excluding carboxylic acids is 3. The molecule has 0 spiro atoms. The van der Waals surface area contributed by atoms with Crippen molar-refractivity contribution in [1.29, 1.82) is 0 Å². The molecule has 0 bridgehead atoms. The van der Waals surface area contributed by atoms with Crippen molar-refractivity contribution in [3.63, 3.8) is 0 Å². The molecule has 2 heterocycles. The summed E-state index contributed by atoms with van der Waals surface area (Å²) in [5.41, 5.74) is 2.36. The summed E-state index contributed by atoms with van der Waals surface area (Å²) in [6.45, 7) is 1.49. The molecule has 0 aliphatic carbocycles. The van der Waals surface area contributed by atoms with Crippen molar-refractivity contribution >= 4 is 28.7 Å². The minimum absolute atomic E-state index is 0.0957. The molecule has 4 rings (SSSR count). The Labute approximate surface area is 197 Å². The fraction of sp³-hybridized carbons (Fsp3) is 0.320. The van der Waals surface area contributed by atoms with E-state index in [4.69, 9.17) is 5.11 Å². The second kappa shape index (κ2) is 10.8. The Morgan fingerprint density at radius 2 is 1.62 bits per heavy atom. The van der Waals surface area contributed by atoms with Crippen LogP contribution in [0.4, 0.5) is 4.79 Å². The molecule has 178 valence electrons. The summed E-state index contributed by atoms with van der Waals surface area (Å²) in [6, 6.07) is 17.9. The van der Waals surface area contributed by atoms with E-state index in [-0.39, 0.29) is 31.0 Å². The Kier molecular flexibility index (Phi) is 7.44. The molecule has 1 aliphatic rings. The number of rotatable bonds is 7. The van der Waals surface area contributed by atoms with Crippen LogP contribution in [-0.2, 0) is 11.2 Å². The number of nitrogens with one attached hydrogen (secondary N) is 3. The number of hydrogen-bond donors (Lipinski definition) is 4. The van der Waals surface area contributed by atoms with Gasteiger partial charge in [0.25, 0.3) is 5.91 Å². The third-order valence-corrected chi connectivity index (χ3v) is 5.92. The van der Waals surface area contributed by atoms with E-state index in [1.807, 2.05) is 60.7 Å². The molecule has 9 heteroatoms. The molecule has 1 aliphatic heterocycles. The minimum atomic E-state index is -0.771. The fourth-order valence-electron chi connectivity index (χ4n) is 4.07. The van der Waals surface area contributed by atoms with Crippen molar-refractivity contribution in [2.24, 2.45) is 0 Å². The maximum atomic E-state index is 12.9. The topological polar surface area (TPSA) is 118 Å². The number of benzene rings is 2. The maximum absolute atomic E-state index is 12.9. The SMILES string of the molecule is O=C(NCCO)[C@@H](Cc1ccccc1)NC(=O)N1CCN(C(=O)c2cc3ccccc3[nH]2)CC1. The zero-order chi connectivity index (χ0) is 23.9. The summed E-state index contributed by atoms with van der Waals surface area (Å²) in [5, 5.41) is 15.5. The number of aliphatic hydroxyl groups is 1. The largest absolute Gasteiger partial charge is 0.395 e. The molecule has 34 heavy (non-hydrogen) atoms. The molecule has 0 radical (unpaired) electrons. The lowest BCUT2D eigenvalue weighted by Crippen LogP contribution is -2.57. The molecule has 1 aromatic heterocycles. The molecule has 1 atom stereocenters. The second-order valence-corrected chi connectivity index (χ2v) is 8.26. The minimum Gasteiger partial charge on any atom is -0.395 e. The lowest BCUT2D eigenvalue weighted by Gasteiger charge is -2.35. The number of aliphatic hydroxyl groups excluding tert-OH is 1. The van der Waals surface area contributed by atoms with E-state index < -0.39 is 6.04 Å². The van der Waals surface area contributed by atoms with Gasteiger partial charge in [0.15, 0.2) is 0 Å². The van der Waals surface area contributed by atoms with Crippen molar-refractivity contribution in [1.82, 2.24) is 25.4 Å². The number of amides is 4. The van der Waals surface area contributed by atoms with Crippen molar-refractivity contribution in [3.8, 4) is 0 Å². The molecule has 0 saturated carbocycles. The highest BCUT2D eigenvalue weighted by molar-refractivity contribution is 5.98. The molecule has 4 amide bonds. The summed E-state index contributed by atoms with van der Waals surface area (Å²) in [5.74, 6) is -0.444. The number of fused-ring (bicyclic) bond motifs is 1. The van der Waals surface area contributed by atoms with Crippen LogP contribution in [0, 0.1) is 0 Å². The quantitative estimate of drug-likeness (QED) is 0.423. The van der Waals surface area contributed by atoms with Gasteiger partial charge in [-0.3, -0.25) is 9.59 Å². The van der Waals surface area contributed by atoms with Crippen LogP contribution in [0.2, 0.25) is 0 Å². The average molecular weight is 464 g/mol. The van der Waals surface area contributed by atoms with Gasteiger partial charge in [0.05, 0.1) is 6.61 Å². The van der Waals surface area contributed by atoms with Gasteiger partial charge in [-0.2, -0.15) is 0 Å². The second-order valence-electron chi connectivity index (χ2n) is 8.26. The van der Waals surface area contributed by atoms with Gasteiger partial charge in [-0.25, -0.2) is 4.79 Å². The summed E-state index contributed by atoms with van der Waals surface area (Å²) >= 11 is 0. The van der Waals surface area contributed by atoms with Gasteiger partial charge in [-0.05, 0) is 17.7 Å². The summed E-state index contributed by atoms with van der Waals surface area (Å²) in [6.07, 6.45) is 0.336. The van der Waals surface area contributed by atoms with E-state index >= 15 is 0 Å². The zero-order valence-electron chi connectivity index (χ0n) is 18.9. The first-order valence-electron chi connectivity index (χ1n) is 11.4. The van der Waals surface area contributed by atoms with Gasteiger partial charge in [0.2, 0.25) is 5.91 Å². The Balaban J connectivity index is 1.35. The summed E-state index contributed by atoms with van der Waals surface area (Å²) in [7, 11) is 0. The fourth-order valence-corrected chi connectivity index (χ4v) is 4.07. The van der Waals surface area contributed by atoms with E-state index in [0.29, 0.717) is 38.3 Å². The third-order valence-electron chi connectivity index (χ3n) is 5.92. The number of para-hydroxylation sites is 1. The first-order chi connectivity index (χ1) is 16.5. The highest BCUT2D eigenvalue weighted by atomic mass is 16.3. The van der Waals surface area contributed by atoms with Crippen LogP contribution >= 0.6 is 0 Å². The molecule has 1 saturated heterocycles. The Hall–Kier alpha value is -3.85.